The van der Waals surface area contributed by atoms with E-state index in [0.29, 0.717) is 0 Å². The molecule has 1 aromatic rings. The van der Waals surface area contributed by atoms with E-state index in [2.05, 4.69) is 24.9 Å². The minimum Gasteiger partial charge on any atom is -0.399 e. The highest BCUT2D eigenvalue weighted by molar-refractivity contribution is 5.41. The maximum atomic E-state index is 10.4. The van der Waals surface area contributed by atoms with Gasteiger partial charge in [0.15, 0.2) is 0 Å². The second-order valence-corrected chi connectivity index (χ2v) is 5.69. The Kier molecular flexibility index (Phi) is 3.93. The third kappa shape index (κ3) is 3.03. The van der Waals surface area contributed by atoms with Crippen molar-refractivity contribution < 1.29 is 5.11 Å². The highest BCUT2D eigenvalue weighted by Gasteiger charge is 2.33. The second kappa shape index (κ2) is 5.29. The molecule has 0 aliphatic heterocycles. The van der Waals surface area contributed by atoms with Crippen LogP contribution < -0.4 is 5.73 Å². The standard InChI is InChI=1S/C15H24N2O/c1-12(13-6-5-7-14(16)10-13)17(2)11-15(18)8-3-4-9-15/h5-7,10,12,18H,3-4,8-9,11,16H2,1-2H3. The molecule has 1 fully saturated rings. The van der Waals surface area contributed by atoms with Gasteiger partial charge in [0.25, 0.3) is 0 Å². The van der Waals surface area contributed by atoms with Crippen molar-refractivity contribution in [2.75, 3.05) is 19.3 Å². The summed E-state index contributed by atoms with van der Waals surface area (Å²) in [5.74, 6) is 0. The lowest BCUT2D eigenvalue weighted by molar-refractivity contribution is 0.00696. The van der Waals surface area contributed by atoms with Gasteiger partial charge in [0, 0.05) is 18.3 Å². The number of hydrogen-bond acceptors (Lipinski definition) is 3. The summed E-state index contributed by atoms with van der Waals surface area (Å²) in [6, 6.07) is 8.27. The molecular formula is C15H24N2O. The van der Waals surface area contributed by atoms with E-state index >= 15 is 0 Å². The van der Waals surface area contributed by atoms with E-state index in [1.165, 1.54) is 5.56 Å². The first-order valence-corrected chi connectivity index (χ1v) is 6.78. The Morgan fingerprint density at radius 1 is 1.39 bits per heavy atom. The van der Waals surface area contributed by atoms with E-state index in [1.807, 2.05) is 18.2 Å². The van der Waals surface area contributed by atoms with Crippen molar-refractivity contribution in [1.82, 2.24) is 4.90 Å². The van der Waals surface area contributed by atoms with Crippen LogP contribution in [-0.2, 0) is 0 Å². The molecule has 0 aromatic heterocycles. The van der Waals surface area contributed by atoms with Crippen LogP contribution in [-0.4, -0.2) is 29.2 Å². The van der Waals surface area contributed by atoms with Gasteiger partial charge in [0.05, 0.1) is 5.60 Å². The summed E-state index contributed by atoms with van der Waals surface area (Å²) in [5, 5.41) is 10.4. The molecular weight excluding hydrogens is 224 g/mol. The van der Waals surface area contributed by atoms with E-state index in [9.17, 15) is 5.11 Å². The van der Waals surface area contributed by atoms with Crippen LogP contribution in [0.2, 0.25) is 0 Å². The molecule has 1 unspecified atom stereocenters. The number of nitrogen functional groups attached to an aromatic ring is 1. The Hall–Kier alpha value is -1.06. The lowest BCUT2D eigenvalue weighted by atomic mass is 9.99. The van der Waals surface area contributed by atoms with E-state index in [4.69, 9.17) is 5.73 Å². The molecule has 0 heterocycles. The number of nitrogens with two attached hydrogens (primary N) is 1. The third-order valence-corrected chi connectivity index (χ3v) is 4.13. The summed E-state index contributed by atoms with van der Waals surface area (Å²) in [6.45, 7) is 2.90. The Labute approximate surface area is 110 Å². The number of nitrogens with zero attached hydrogens (tertiary/aromatic N) is 1. The van der Waals surface area contributed by atoms with Gasteiger partial charge in [-0.3, -0.25) is 4.90 Å². The van der Waals surface area contributed by atoms with Crippen LogP contribution in [0.4, 0.5) is 5.69 Å². The van der Waals surface area contributed by atoms with Crippen LogP contribution in [0, 0.1) is 0 Å². The first kappa shape index (κ1) is 13.4. The summed E-state index contributed by atoms with van der Waals surface area (Å²) in [4.78, 5) is 2.22. The van der Waals surface area contributed by atoms with Crippen LogP contribution in [0.15, 0.2) is 24.3 Å². The largest absolute Gasteiger partial charge is 0.399 e. The van der Waals surface area contributed by atoms with Gasteiger partial charge in [-0.05, 0) is 44.5 Å². The Morgan fingerprint density at radius 3 is 2.67 bits per heavy atom. The maximum Gasteiger partial charge on any atom is 0.0774 e. The van der Waals surface area contributed by atoms with Gasteiger partial charge >= 0.3 is 0 Å². The molecule has 0 bridgehead atoms. The van der Waals surface area contributed by atoms with Gasteiger partial charge in [-0.1, -0.05) is 25.0 Å². The van der Waals surface area contributed by atoms with Gasteiger partial charge in [-0.2, -0.15) is 0 Å². The molecule has 3 heteroatoms. The molecule has 3 nitrogen and oxygen atoms in total. The van der Waals surface area contributed by atoms with E-state index in [0.717, 1.165) is 37.9 Å². The van der Waals surface area contributed by atoms with Gasteiger partial charge in [-0.25, -0.2) is 0 Å². The number of rotatable bonds is 4. The number of hydrogen-bond donors (Lipinski definition) is 2. The van der Waals surface area contributed by atoms with Gasteiger partial charge in [0.1, 0.15) is 0 Å². The normalized spacial score (nSPS) is 20.2. The van der Waals surface area contributed by atoms with Crippen LogP contribution in [0.5, 0.6) is 0 Å². The average molecular weight is 248 g/mol. The molecule has 3 N–H and O–H groups in total. The molecule has 0 saturated heterocycles. The molecule has 1 atom stereocenters. The zero-order chi connectivity index (χ0) is 13.2. The Bertz CT molecular complexity index is 399. The van der Waals surface area contributed by atoms with Gasteiger partial charge < -0.3 is 10.8 Å². The maximum absolute atomic E-state index is 10.4. The number of aliphatic hydroxyl groups is 1. The number of anilines is 1. The molecule has 0 amide bonds. The van der Waals surface area contributed by atoms with Crippen molar-refractivity contribution in [2.24, 2.45) is 0 Å². The lowest BCUT2D eigenvalue weighted by Gasteiger charge is -2.32. The zero-order valence-corrected chi connectivity index (χ0v) is 11.4. The monoisotopic (exact) mass is 248 g/mol. The molecule has 1 aromatic carbocycles. The Balaban J connectivity index is 2.02. The predicted octanol–water partition coefficient (Wildman–Crippen LogP) is 2.57. The molecule has 0 spiro atoms. The summed E-state index contributed by atoms with van der Waals surface area (Å²) in [6.07, 6.45) is 4.16. The second-order valence-electron chi connectivity index (χ2n) is 5.69. The molecule has 2 rings (SSSR count). The van der Waals surface area contributed by atoms with Crippen molar-refractivity contribution >= 4 is 5.69 Å². The first-order valence-electron chi connectivity index (χ1n) is 6.78. The molecule has 0 radical (unpaired) electrons. The summed E-state index contributed by atoms with van der Waals surface area (Å²) in [5.41, 5.74) is 7.34. The van der Waals surface area contributed by atoms with Crippen LogP contribution >= 0.6 is 0 Å². The Morgan fingerprint density at radius 2 is 2.06 bits per heavy atom. The van der Waals surface area contributed by atoms with Crippen molar-refractivity contribution in [3.63, 3.8) is 0 Å². The molecule has 1 aliphatic rings. The third-order valence-electron chi connectivity index (χ3n) is 4.13. The van der Waals surface area contributed by atoms with Crippen LogP contribution in [0.3, 0.4) is 0 Å². The first-order chi connectivity index (χ1) is 8.50. The highest BCUT2D eigenvalue weighted by atomic mass is 16.3. The lowest BCUT2D eigenvalue weighted by Crippen LogP contribution is -2.40. The van der Waals surface area contributed by atoms with E-state index in [1.54, 1.807) is 0 Å². The predicted molar refractivity (Wildman–Crippen MR) is 75.3 cm³/mol. The molecule has 1 saturated carbocycles. The van der Waals surface area contributed by atoms with Crippen molar-refractivity contribution in [3.05, 3.63) is 29.8 Å². The SMILES string of the molecule is CC(c1cccc(N)c1)N(C)CC1(O)CCCC1. The minimum atomic E-state index is -0.483. The zero-order valence-electron chi connectivity index (χ0n) is 11.4. The van der Waals surface area contributed by atoms with E-state index in [-0.39, 0.29) is 6.04 Å². The number of benzene rings is 1. The fraction of sp³-hybridized carbons (Fsp3) is 0.600. The highest BCUT2D eigenvalue weighted by Crippen LogP contribution is 2.32. The van der Waals surface area contributed by atoms with Crippen molar-refractivity contribution in [2.45, 2.75) is 44.2 Å². The van der Waals surface area contributed by atoms with E-state index < -0.39 is 5.60 Å². The summed E-state index contributed by atoms with van der Waals surface area (Å²) < 4.78 is 0. The van der Waals surface area contributed by atoms with Crippen molar-refractivity contribution in [3.8, 4) is 0 Å². The fourth-order valence-corrected chi connectivity index (χ4v) is 2.87. The fourth-order valence-electron chi connectivity index (χ4n) is 2.87. The molecule has 18 heavy (non-hydrogen) atoms. The molecule has 100 valence electrons. The van der Waals surface area contributed by atoms with Gasteiger partial charge in [-0.15, -0.1) is 0 Å². The van der Waals surface area contributed by atoms with Crippen LogP contribution in [0.1, 0.15) is 44.2 Å². The van der Waals surface area contributed by atoms with Crippen molar-refractivity contribution in [1.29, 1.82) is 0 Å². The topological polar surface area (TPSA) is 49.5 Å². The van der Waals surface area contributed by atoms with Gasteiger partial charge in [0.2, 0.25) is 0 Å². The minimum absolute atomic E-state index is 0.276. The average Bonchev–Trinajstić information content (AvgIpc) is 2.74. The molecule has 1 aliphatic carbocycles. The summed E-state index contributed by atoms with van der Waals surface area (Å²) >= 11 is 0. The number of likely N-dealkylation sites (N-methyl/N-ethyl adjacent to an activating group) is 1. The van der Waals surface area contributed by atoms with Crippen LogP contribution in [0.25, 0.3) is 0 Å². The quantitative estimate of drug-likeness (QED) is 0.805. The summed E-state index contributed by atoms with van der Waals surface area (Å²) in [7, 11) is 2.07. The smallest absolute Gasteiger partial charge is 0.0774 e.